The van der Waals surface area contributed by atoms with Crippen molar-refractivity contribution in [1.82, 2.24) is 5.32 Å². The van der Waals surface area contributed by atoms with Gasteiger partial charge >= 0.3 is 0 Å². The van der Waals surface area contributed by atoms with Gasteiger partial charge < -0.3 is 10.1 Å². The standard InChI is InChI=1S/C12H14ClNO2S/c13-10-3-1-2-4-11(10)17-6-5-12(15)14-9-7-16-8-9/h1-4,9H,5-8H2,(H,14,15). The largest absolute Gasteiger partial charge is 0.377 e. The minimum Gasteiger partial charge on any atom is -0.377 e. The fourth-order valence-electron chi connectivity index (χ4n) is 1.43. The second-order valence-corrected chi connectivity index (χ2v) is 5.37. The third-order valence-corrected chi connectivity index (χ3v) is 3.94. The minimum atomic E-state index is 0.0813. The van der Waals surface area contributed by atoms with Gasteiger partial charge in [0.15, 0.2) is 0 Å². The first-order valence-corrected chi connectivity index (χ1v) is 6.86. The first-order valence-electron chi connectivity index (χ1n) is 5.50. The van der Waals surface area contributed by atoms with Crippen LogP contribution in [0.25, 0.3) is 0 Å². The van der Waals surface area contributed by atoms with E-state index < -0.39 is 0 Å². The molecule has 0 atom stereocenters. The molecule has 0 spiro atoms. The Morgan fingerprint density at radius 1 is 1.47 bits per heavy atom. The molecule has 2 rings (SSSR count). The van der Waals surface area contributed by atoms with Gasteiger partial charge in [0.05, 0.1) is 24.3 Å². The summed E-state index contributed by atoms with van der Waals surface area (Å²) in [6, 6.07) is 7.88. The summed E-state index contributed by atoms with van der Waals surface area (Å²) >= 11 is 7.62. The predicted molar refractivity (Wildman–Crippen MR) is 69.5 cm³/mol. The van der Waals surface area contributed by atoms with Gasteiger partial charge in [-0.2, -0.15) is 0 Å². The third-order valence-electron chi connectivity index (χ3n) is 2.43. The number of ether oxygens (including phenoxy) is 1. The van der Waals surface area contributed by atoms with Crippen molar-refractivity contribution in [3.63, 3.8) is 0 Å². The number of halogens is 1. The summed E-state index contributed by atoms with van der Waals surface area (Å²) in [6.07, 6.45) is 0.506. The van der Waals surface area contributed by atoms with Crippen LogP contribution in [0.1, 0.15) is 6.42 Å². The fraction of sp³-hybridized carbons (Fsp3) is 0.417. The van der Waals surface area contributed by atoms with Gasteiger partial charge in [0.1, 0.15) is 0 Å². The Balaban J connectivity index is 1.68. The Bertz CT molecular complexity index is 396. The van der Waals surface area contributed by atoms with Crippen molar-refractivity contribution in [2.24, 2.45) is 0 Å². The van der Waals surface area contributed by atoms with Crippen LogP contribution in [-0.4, -0.2) is 30.9 Å². The van der Waals surface area contributed by atoms with Gasteiger partial charge in [0, 0.05) is 17.1 Å². The Morgan fingerprint density at radius 3 is 2.88 bits per heavy atom. The maximum atomic E-state index is 11.5. The summed E-state index contributed by atoms with van der Waals surface area (Å²) in [6.45, 7) is 1.28. The maximum absolute atomic E-state index is 11.5. The molecule has 92 valence electrons. The average Bonchev–Trinajstić information content (AvgIpc) is 2.26. The number of hydrogen-bond acceptors (Lipinski definition) is 3. The molecule has 0 unspecified atom stereocenters. The van der Waals surface area contributed by atoms with Gasteiger partial charge in [-0.1, -0.05) is 23.7 Å². The van der Waals surface area contributed by atoms with E-state index in [0.717, 1.165) is 15.7 Å². The highest BCUT2D eigenvalue weighted by Gasteiger charge is 2.19. The molecule has 1 amide bonds. The fourth-order valence-corrected chi connectivity index (χ4v) is 2.62. The number of rotatable bonds is 5. The van der Waals surface area contributed by atoms with Gasteiger partial charge in [0.25, 0.3) is 0 Å². The second kappa shape index (κ2) is 6.28. The molecule has 1 saturated heterocycles. The van der Waals surface area contributed by atoms with E-state index in [-0.39, 0.29) is 11.9 Å². The molecule has 1 aliphatic rings. The molecule has 0 aromatic heterocycles. The topological polar surface area (TPSA) is 38.3 Å². The van der Waals surface area contributed by atoms with Crippen LogP contribution in [0.5, 0.6) is 0 Å². The van der Waals surface area contributed by atoms with Crippen LogP contribution in [0.3, 0.4) is 0 Å². The van der Waals surface area contributed by atoms with E-state index >= 15 is 0 Å². The molecular formula is C12H14ClNO2S. The molecule has 1 aromatic rings. The predicted octanol–water partition coefficient (Wildman–Crippen LogP) is 2.34. The first-order chi connectivity index (χ1) is 8.25. The number of amides is 1. The molecule has 1 heterocycles. The number of carbonyl (C=O) groups is 1. The van der Waals surface area contributed by atoms with Crippen molar-refractivity contribution in [3.05, 3.63) is 29.3 Å². The summed E-state index contributed by atoms with van der Waals surface area (Å²) in [5, 5.41) is 3.65. The van der Waals surface area contributed by atoms with Gasteiger partial charge in [-0.25, -0.2) is 0 Å². The number of thioether (sulfide) groups is 1. The summed E-state index contributed by atoms with van der Waals surface area (Å²) in [7, 11) is 0. The molecule has 1 aliphatic heterocycles. The van der Waals surface area contributed by atoms with Crippen molar-refractivity contribution < 1.29 is 9.53 Å². The van der Waals surface area contributed by atoms with Crippen molar-refractivity contribution in [2.75, 3.05) is 19.0 Å². The molecule has 17 heavy (non-hydrogen) atoms. The molecule has 3 nitrogen and oxygen atoms in total. The van der Waals surface area contributed by atoms with E-state index in [9.17, 15) is 4.79 Å². The Kier molecular flexibility index (Phi) is 4.71. The van der Waals surface area contributed by atoms with Crippen molar-refractivity contribution in [2.45, 2.75) is 17.4 Å². The number of carbonyl (C=O) groups excluding carboxylic acids is 1. The summed E-state index contributed by atoms with van der Waals surface area (Å²) in [4.78, 5) is 12.5. The highest BCUT2D eigenvalue weighted by Crippen LogP contribution is 2.26. The second-order valence-electron chi connectivity index (χ2n) is 3.83. The lowest BCUT2D eigenvalue weighted by molar-refractivity contribution is -0.124. The summed E-state index contributed by atoms with van der Waals surface area (Å²) in [5.41, 5.74) is 0. The molecule has 1 aromatic carbocycles. The third kappa shape index (κ3) is 3.91. The zero-order valence-electron chi connectivity index (χ0n) is 9.32. The van der Waals surface area contributed by atoms with E-state index in [1.54, 1.807) is 11.8 Å². The zero-order valence-corrected chi connectivity index (χ0v) is 10.9. The Hall–Kier alpha value is -0.710. The van der Waals surface area contributed by atoms with Crippen LogP contribution in [0, 0.1) is 0 Å². The van der Waals surface area contributed by atoms with Crippen molar-refractivity contribution in [3.8, 4) is 0 Å². The molecule has 0 aliphatic carbocycles. The molecule has 1 N–H and O–H groups in total. The molecule has 1 fully saturated rings. The maximum Gasteiger partial charge on any atom is 0.221 e. The molecule has 5 heteroatoms. The van der Waals surface area contributed by atoms with Crippen molar-refractivity contribution >= 4 is 29.3 Å². The lowest BCUT2D eigenvalue weighted by Crippen LogP contribution is -2.48. The van der Waals surface area contributed by atoms with E-state index in [4.69, 9.17) is 16.3 Å². The molecule has 0 saturated carbocycles. The zero-order chi connectivity index (χ0) is 12.1. The van der Waals surface area contributed by atoms with Gasteiger partial charge in [-0.3, -0.25) is 4.79 Å². The van der Waals surface area contributed by atoms with E-state index in [1.165, 1.54) is 0 Å². The van der Waals surface area contributed by atoms with Crippen molar-refractivity contribution in [1.29, 1.82) is 0 Å². The SMILES string of the molecule is O=C(CCSc1ccccc1Cl)NC1COC1. The van der Waals surface area contributed by atoms with E-state index in [2.05, 4.69) is 5.32 Å². The minimum absolute atomic E-state index is 0.0813. The number of nitrogens with one attached hydrogen (secondary N) is 1. The summed E-state index contributed by atoms with van der Waals surface area (Å²) < 4.78 is 4.99. The van der Waals surface area contributed by atoms with Crippen LogP contribution < -0.4 is 5.32 Å². The molecular weight excluding hydrogens is 258 g/mol. The van der Waals surface area contributed by atoms with Crippen LogP contribution >= 0.6 is 23.4 Å². The monoisotopic (exact) mass is 271 g/mol. The van der Waals surface area contributed by atoms with Crippen LogP contribution in [0.4, 0.5) is 0 Å². The summed E-state index contributed by atoms with van der Waals surface area (Å²) in [5.74, 6) is 0.821. The lowest BCUT2D eigenvalue weighted by atomic mass is 10.2. The first kappa shape index (κ1) is 12.7. The van der Waals surface area contributed by atoms with E-state index in [1.807, 2.05) is 24.3 Å². The van der Waals surface area contributed by atoms with Crippen LogP contribution in [0.2, 0.25) is 5.02 Å². The smallest absolute Gasteiger partial charge is 0.221 e. The lowest BCUT2D eigenvalue weighted by Gasteiger charge is -2.26. The van der Waals surface area contributed by atoms with Crippen LogP contribution in [0.15, 0.2) is 29.2 Å². The quantitative estimate of drug-likeness (QED) is 0.836. The Labute approximate surface area is 110 Å². The number of benzene rings is 1. The van der Waals surface area contributed by atoms with Gasteiger partial charge in [0.2, 0.25) is 5.91 Å². The van der Waals surface area contributed by atoms with Gasteiger partial charge in [-0.15, -0.1) is 11.8 Å². The van der Waals surface area contributed by atoms with E-state index in [0.29, 0.717) is 19.6 Å². The van der Waals surface area contributed by atoms with Gasteiger partial charge in [-0.05, 0) is 12.1 Å². The number of hydrogen-bond donors (Lipinski definition) is 1. The molecule has 0 bridgehead atoms. The van der Waals surface area contributed by atoms with Crippen LogP contribution in [-0.2, 0) is 9.53 Å². The highest BCUT2D eigenvalue weighted by molar-refractivity contribution is 7.99. The normalized spacial score (nSPS) is 15.4. The average molecular weight is 272 g/mol. The molecule has 0 radical (unpaired) electrons. The Morgan fingerprint density at radius 2 is 2.24 bits per heavy atom. The highest BCUT2D eigenvalue weighted by atomic mass is 35.5.